The monoisotopic (exact) mass is 403 g/mol. The first-order chi connectivity index (χ1) is 13.9. The van der Waals surface area contributed by atoms with Crippen molar-refractivity contribution in [1.82, 2.24) is 19.8 Å². The molecule has 2 aliphatic rings. The number of ether oxygens (including phenoxy) is 1. The summed E-state index contributed by atoms with van der Waals surface area (Å²) in [5, 5.41) is 0. The Bertz CT molecular complexity index is 650. The maximum atomic E-state index is 12.0. The van der Waals surface area contributed by atoms with Crippen LogP contribution in [0.3, 0.4) is 0 Å². The first-order valence-corrected chi connectivity index (χ1v) is 11.1. The molecule has 0 N–H and O–H groups in total. The summed E-state index contributed by atoms with van der Waals surface area (Å²) in [6.45, 7) is 15.9. The molecule has 0 spiro atoms. The lowest BCUT2D eigenvalue weighted by Crippen LogP contribution is -2.49. The molecule has 0 atom stereocenters. The molecule has 2 aliphatic heterocycles. The van der Waals surface area contributed by atoms with Crippen molar-refractivity contribution in [2.45, 2.75) is 46.6 Å². The minimum atomic E-state index is 0.115. The Morgan fingerprint density at radius 3 is 2.38 bits per heavy atom. The first kappa shape index (κ1) is 22.0. The predicted octanol–water partition coefficient (Wildman–Crippen LogP) is 2.32. The van der Waals surface area contributed by atoms with Crippen molar-refractivity contribution in [2.24, 2.45) is 11.8 Å². The molecule has 0 unspecified atom stereocenters. The van der Waals surface area contributed by atoms with E-state index >= 15 is 0 Å². The van der Waals surface area contributed by atoms with E-state index in [-0.39, 0.29) is 12.0 Å². The van der Waals surface area contributed by atoms with E-state index in [0.717, 1.165) is 57.7 Å². The fourth-order valence-corrected chi connectivity index (χ4v) is 4.02. The number of carbonyl (C=O) groups excluding carboxylic acids is 1. The van der Waals surface area contributed by atoms with Crippen molar-refractivity contribution in [3.05, 3.63) is 12.3 Å². The summed E-state index contributed by atoms with van der Waals surface area (Å²) in [7, 11) is 0. The summed E-state index contributed by atoms with van der Waals surface area (Å²) in [5.74, 6) is 2.67. The second-order valence-electron chi connectivity index (χ2n) is 8.99. The number of likely N-dealkylation sites (tertiary alicyclic amines) is 1. The summed E-state index contributed by atoms with van der Waals surface area (Å²) >= 11 is 0. The van der Waals surface area contributed by atoms with Crippen LogP contribution in [0.15, 0.2) is 12.3 Å². The third-order valence-corrected chi connectivity index (χ3v) is 5.88. The SMILES string of the molecule is CC(C)Oc1ccnc(N2CCN(CC3CCN(CC(=O)C(C)C)CC3)CC2)n1. The summed E-state index contributed by atoms with van der Waals surface area (Å²) in [5.41, 5.74) is 0. The Hall–Kier alpha value is -1.73. The van der Waals surface area contributed by atoms with Gasteiger partial charge in [-0.05, 0) is 45.7 Å². The van der Waals surface area contributed by atoms with Crippen molar-refractivity contribution in [3.8, 4) is 5.88 Å². The van der Waals surface area contributed by atoms with Gasteiger partial charge in [0.2, 0.25) is 11.8 Å². The van der Waals surface area contributed by atoms with Crippen LogP contribution in [0.5, 0.6) is 5.88 Å². The van der Waals surface area contributed by atoms with Crippen LogP contribution >= 0.6 is 0 Å². The third-order valence-electron chi connectivity index (χ3n) is 5.88. The normalized spacial score (nSPS) is 19.9. The highest BCUT2D eigenvalue weighted by atomic mass is 16.5. The number of rotatable bonds is 8. The molecule has 3 heterocycles. The molecule has 7 heteroatoms. The Balaban J connectivity index is 1.40. The van der Waals surface area contributed by atoms with Gasteiger partial charge in [-0.3, -0.25) is 14.6 Å². The largest absolute Gasteiger partial charge is 0.475 e. The molecule has 0 saturated carbocycles. The highest BCUT2D eigenvalue weighted by Gasteiger charge is 2.25. The zero-order chi connectivity index (χ0) is 20.8. The molecule has 2 fully saturated rings. The van der Waals surface area contributed by atoms with Crippen molar-refractivity contribution in [2.75, 3.05) is 57.3 Å². The summed E-state index contributed by atoms with van der Waals surface area (Å²) in [6.07, 6.45) is 4.29. The Morgan fingerprint density at radius 1 is 1.07 bits per heavy atom. The molecule has 7 nitrogen and oxygen atoms in total. The van der Waals surface area contributed by atoms with E-state index in [1.54, 1.807) is 6.20 Å². The summed E-state index contributed by atoms with van der Waals surface area (Å²) in [4.78, 5) is 28.1. The van der Waals surface area contributed by atoms with Crippen molar-refractivity contribution >= 4 is 11.7 Å². The van der Waals surface area contributed by atoms with Crippen molar-refractivity contribution < 1.29 is 9.53 Å². The molecule has 29 heavy (non-hydrogen) atoms. The van der Waals surface area contributed by atoms with Gasteiger partial charge in [-0.15, -0.1) is 0 Å². The van der Waals surface area contributed by atoms with Gasteiger partial charge < -0.3 is 9.64 Å². The fraction of sp³-hybridized carbons (Fsp3) is 0.773. The number of piperazine rings is 1. The maximum absolute atomic E-state index is 12.0. The van der Waals surface area contributed by atoms with E-state index in [1.165, 1.54) is 12.8 Å². The Kier molecular flexibility index (Phi) is 7.84. The molecular formula is C22H37N5O2. The average molecular weight is 404 g/mol. The summed E-state index contributed by atoms with van der Waals surface area (Å²) in [6, 6.07) is 1.82. The van der Waals surface area contributed by atoms with Crippen LogP contribution in [0, 0.1) is 11.8 Å². The van der Waals surface area contributed by atoms with Crippen LogP contribution < -0.4 is 9.64 Å². The third kappa shape index (κ3) is 6.64. The molecule has 1 aromatic heterocycles. The number of anilines is 1. The first-order valence-electron chi connectivity index (χ1n) is 11.1. The number of hydrogen-bond donors (Lipinski definition) is 0. The lowest BCUT2D eigenvalue weighted by Gasteiger charge is -2.38. The van der Waals surface area contributed by atoms with Gasteiger partial charge in [0.25, 0.3) is 0 Å². The van der Waals surface area contributed by atoms with Crippen LogP contribution in [0.25, 0.3) is 0 Å². The Morgan fingerprint density at radius 2 is 1.76 bits per heavy atom. The van der Waals surface area contributed by atoms with E-state index in [1.807, 2.05) is 33.8 Å². The van der Waals surface area contributed by atoms with Crippen LogP contribution in [-0.2, 0) is 4.79 Å². The Labute approximate surface area is 175 Å². The van der Waals surface area contributed by atoms with Crippen LogP contribution in [0.4, 0.5) is 5.95 Å². The zero-order valence-electron chi connectivity index (χ0n) is 18.5. The number of ketones is 1. The van der Waals surface area contributed by atoms with Gasteiger partial charge in [-0.1, -0.05) is 13.8 Å². The minimum Gasteiger partial charge on any atom is -0.475 e. The van der Waals surface area contributed by atoms with E-state index in [2.05, 4.69) is 24.7 Å². The number of piperidine rings is 1. The van der Waals surface area contributed by atoms with Gasteiger partial charge in [0.05, 0.1) is 12.6 Å². The van der Waals surface area contributed by atoms with Gasteiger partial charge in [0.15, 0.2) is 0 Å². The van der Waals surface area contributed by atoms with E-state index < -0.39 is 0 Å². The molecule has 162 valence electrons. The smallest absolute Gasteiger partial charge is 0.228 e. The van der Waals surface area contributed by atoms with Gasteiger partial charge in [0.1, 0.15) is 5.78 Å². The van der Waals surface area contributed by atoms with E-state index in [4.69, 9.17) is 4.74 Å². The van der Waals surface area contributed by atoms with E-state index in [0.29, 0.717) is 18.2 Å². The molecule has 0 amide bonds. The molecule has 0 radical (unpaired) electrons. The number of Topliss-reactive ketones (excluding diaryl/α,β-unsaturated/α-hetero) is 1. The molecule has 3 rings (SSSR count). The molecule has 0 aliphatic carbocycles. The van der Waals surface area contributed by atoms with Crippen LogP contribution in [0.1, 0.15) is 40.5 Å². The fourth-order valence-electron chi connectivity index (χ4n) is 4.02. The maximum Gasteiger partial charge on any atom is 0.228 e. The molecule has 0 aromatic carbocycles. The summed E-state index contributed by atoms with van der Waals surface area (Å²) < 4.78 is 5.70. The van der Waals surface area contributed by atoms with Gasteiger partial charge in [0, 0.05) is 50.9 Å². The van der Waals surface area contributed by atoms with Crippen molar-refractivity contribution in [1.29, 1.82) is 0 Å². The lowest BCUT2D eigenvalue weighted by molar-refractivity contribution is -0.123. The minimum absolute atomic E-state index is 0.115. The predicted molar refractivity (Wildman–Crippen MR) is 115 cm³/mol. The van der Waals surface area contributed by atoms with Crippen LogP contribution in [0.2, 0.25) is 0 Å². The average Bonchev–Trinajstić information content (AvgIpc) is 2.69. The van der Waals surface area contributed by atoms with Gasteiger partial charge in [-0.2, -0.15) is 4.98 Å². The van der Waals surface area contributed by atoms with Gasteiger partial charge in [-0.25, -0.2) is 4.98 Å². The molecular weight excluding hydrogens is 366 g/mol. The standard InChI is InChI=1S/C22H37N5O2/c1-17(2)20(28)16-25-9-6-19(7-10-25)15-26-11-13-27(14-12-26)22-23-8-5-21(24-22)29-18(3)4/h5,8,17-19H,6-7,9-16H2,1-4H3. The molecule has 1 aromatic rings. The highest BCUT2D eigenvalue weighted by molar-refractivity contribution is 5.82. The topological polar surface area (TPSA) is 61.8 Å². The van der Waals surface area contributed by atoms with E-state index in [9.17, 15) is 4.79 Å². The second kappa shape index (κ2) is 10.3. The number of aromatic nitrogens is 2. The zero-order valence-corrected chi connectivity index (χ0v) is 18.5. The van der Waals surface area contributed by atoms with Crippen molar-refractivity contribution in [3.63, 3.8) is 0 Å². The quantitative estimate of drug-likeness (QED) is 0.660. The molecule has 2 saturated heterocycles. The number of carbonyl (C=O) groups is 1. The second-order valence-corrected chi connectivity index (χ2v) is 8.99. The number of hydrogen-bond acceptors (Lipinski definition) is 7. The van der Waals surface area contributed by atoms with Crippen LogP contribution in [-0.4, -0.2) is 84.0 Å². The molecule has 0 bridgehead atoms. The van der Waals surface area contributed by atoms with Gasteiger partial charge >= 0.3 is 0 Å². The number of nitrogens with zero attached hydrogens (tertiary/aromatic N) is 5. The highest BCUT2D eigenvalue weighted by Crippen LogP contribution is 2.21. The lowest BCUT2D eigenvalue weighted by atomic mass is 9.95.